The molecule has 4 rings (SSSR count). The van der Waals surface area contributed by atoms with E-state index in [2.05, 4.69) is 10.5 Å². The molecule has 1 fully saturated rings. The first-order chi connectivity index (χ1) is 15.4. The van der Waals surface area contributed by atoms with Crippen LogP contribution in [0.15, 0.2) is 76.7 Å². The van der Waals surface area contributed by atoms with Crippen LogP contribution in [0.25, 0.3) is 10.8 Å². The second-order valence-electron chi connectivity index (χ2n) is 7.85. The summed E-state index contributed by atoms with van der Waals surface area (Å²) in [6.45, 7) is 3.78. The van der Waals surface area contributed by atoms with Crippen LogP contribution < -0.4 is 5.43 Å². The molecule has 0 radical (unpaired) electrons. The van der Waals surface area contributed by atoms with E-state index < -0.39 is 10.0 Å². The number of rotatable bonds is 6. The van der Waals surface area contributed by atoms with Gasteiger partial charge in [-0.3, -0.25) is 9.69 Å². The van der Waals surface area contributed by atoms with Crippen molar-refractivity contribution in [3.63, 3.8) is 0 Å². The van der Waals surface area contributed by atoms with Gasteiger partial charge >= 0.3 is 0 Å². The predicted octanol–water partition coefficient (Wildman–Crippen LogP) is 2.60. The fourth-order valence-electron chi connectivity index (χ4n) is 3.76. The molecule has 32 heavy (non-hydrogen) atoms. The van der Waals surface area contributed by atoms with E-state index in [9.17, 15) is 13.2 Å². The van der Waals surface area contributed by atoms with Gasteiger partial charge in [-0.2, -0.15) is 9.41 Å². The normalized spacial score (nSPS) is 15.9. The topological polar surface area (TPSA) is 82.1 Å². The molecule has 1 aliphatic heterocycles. The Balaban J connectivity index is 1.29. The van der Waals surface area contributed by atoms with Gasteiger partial charge in [-0.05, 0) is 29.8 Å². The Labute approximate surface area is 188 Å². The Hall–Kier alpha value is -3.07. The molecule has 7 nitrogen and oxygen atoms in total. The van der Waals surface area contributed by atoms with Gasteiger partial charge in [0.15, 0.2) is 0 Å². The predicted molar refractivity (Wildman–Crippen MR) is 126 cm³/mol. The molecule has 3 aromatic rings. The van der Waals surface area contributed by atoms with E-state index in [4.69, 9.17) is 0 Å². The quantitative estimate of drug-likeness (QED) is 0.462. The van der Waals surface area contributed by atoms with E-state index in [0.29, 0.717) is 31.1 Å². The zero-order valence-electron chi connectivity index (χ0n) is 17.9. The average Bonchev–Trinajstić information content (AvgIpc) is 2.80. The van der Waals surface area contributed by atoms with Gasteiger partial charge < -0.3 is 0 Å². The van der Waals surface area contributed by atoms with Crippen molar-refractivity contribution in [2.75, 3.05) is 32.7 Å². The maximum atomic E-state index is 12.8. The number of carbonyl (C=O) groups is 1. The zero-order valence-corrected chi connectivity index (χ0v) is 18.8. The summed E-state index contributed by atoms with van der Waals surface area (Å²) in [5, 5.41) is 6.28. The van der Waals surface area contributed by atoms with E-state index >= 15 is 0 Å². The summed E-state index contributed by atoms with van der Waals surface area (Å²) in [6, 6.07) is 20.8. The number of sulfonamides is 1. The third kappa shape index (κ3) is 5.04. The van der Waals surface area contributed by atoms with Crippen molar-refractivity contribution in [2.24, 2.45) is 5.10 Å². The lowest BCUT2D eigenvalue weighted by Gasteiger charge is -2.33. The first kappa shape index (κ1) is 22.1. The largest absolute Gasteiger partial charge is 0.292 e. The number of nitrogens with one attached hydrogen (secondary N) is 1. The fourth-order valence-corrected chi connectivity index (χ4v) is 5.18. The van der Waals surface area contributed by atoms with Crippen molar-refractivity contribution >= 4 is 32.9 Å². The summed E-state index contributed by atoms with van der Waals surface area (Å²) >= 11 is 0. The molecule has 1 N–H and O–H groups in total. The molecule has 3 aromatic carbocycles. The maximum absolute atomic E-state index is 12.8. The van der Waals surface area contributed by atoms with Gasteiger partial charge in [0.2, 0.25) is 10.0 Å². The number of piperazine rings is 1. The van der Waals surface area contributed by atoms with Crippen molar-refractivity contribution in [1.29, 1.82) is 0 Å². The van der Waals surface area contributed by atoms with Gasteiger partial charge in [-0.1, -0.05) is 60.2 Å². The van der Waals surface area contributed by atoms with Crippen molar-refractivity contribution in [2.45, 2.75) is 11.8 Å². The summed E-state index contributed by atoms with van der Waals surface area (Å²) in [7, 11) is -3.51. The summed E-state index contributed by atoms with van der Waals surface area (Å²) < 4.78 is 27.1. The highest BCUT2D eigenvalue weighted by atomic mass is 32.2. The number of hydrogen-bond acceptors (Lipinski definition) is 5. The summed E-state index contributed by atoms with van der Waals surface area (Å²) in [4.78, 5) is 14.5. The van der Waals surface area contributed by atoms with E-state index in [1.54, 1.807) is 30.5 Å². The van der Waals surface area contributed by atoms with E-state index in [1.165, 1.54) is 4.31 Å². The molecule has 0 bridgehead atoms. The SMILES string of the molecule is Cc1ccc(S(=O)(=O)N2CCN(CC(=O)N/N=C/c3cccc4ccccc34)CC2)cc1. The highest BCUT2D eigenvalue weighted by molar-refractivity contribution is 7.89. The van der Waals surface area contributed by atoms with Gasteiger partial charge in [-0.15, -0.1) is 0 Å². The molecule has 0 atom stereocenters. The molecule has 0 aromatic heterocycles. The van der Waals surface area contributed by atoms with E-state index in [0.717, 1.165) is 21.9 Å². The van der Waals surface area contributed by atoms with Crippen LogP contribution in [0.2, 0.25) is 0 Å². The molecule has 1 heterocycles. The maximum Gasteiger partial charge on any atom is 0.254 e. The van der Waals surface area contributed by atoms with Gasteiger partial charge in [-0.25, -0.2) is 13.8 Å². The molecule has 0 aliphatic carbocycles. The number of aryl methyl sites for hydroxylation is 1. The van der Waals surface area contributed by atoms with Crippen LogP contribution in [0.5, 0.6) is 0 Å². The minimum Gasteiger partial charge on any atom is -0.292 e. The lowest BCUT2D eigenvalue weighted by atomic mass is 10.1. The molecule has 0 spiro atoms. The second-order valence-corrected chi connectivity index (χ2v) is 9.79. The van der Waals surface area contributed by atoms with Crippen LogP contribution in [0.4, 0.5) is 0 Å². The second kappa shape index (κ2) is 9.60. The van der Waals surface area contributed by atoms with E-state index in [1.807, 2.05) is 54.3 Å². The molecule has 0 saturated carbocycles. The number of carbonyl (C=O) groups excluding carboxylic acids is 1. The standard InChI is InChI=1S/C24H26N4O3S/c1-19-9-11-22(12-10-19)32(30,31)28-15-13-27(14-16-28)18-24(29)26-25-17-21-7-4-6-20-5-2-3-8-23(20)21/h2-12,17H,13-16,18H2,1H3,(H,26,29)/b25-17+. The lowest BCUT2D eigenvalue weighted by molar-refractivity contribution is -0.122. The highest BCUT2D eigenvalue weighted by Crippen LogP contribution is 2.18. The number of hydrogen-bond donors (Lipinski definition) is 1. The molecule has 1 aliphatic rings. The molecule has 1 amide bonds. The van der Waals surface area contributed by atoms with Crippen molar-refractivity contribution in [3.05, 3.63) is 77.9 Å². The van der Waals surface area contributed by atoms with Crippen molar-refractivity contribution in [1.82, 2.24) is 14.6 Å². The molecule has 166 valence electrons. The third-order valence-corrected chi connectivity index (χ3v) is 7.49. The van der Waals surface area contributed by atoms with Crippen LogP contribution in [0.1, 0.15) is 11.1 Å². The van der Waals surface area contributed by atoms with Gasteiger partial charge in [0.05, 0.1) is 17.7 Å². The van der Waals surface area contributed by atoms with Crippen LogP contribution in [0.3, 0.4) is 0 Å². The summed E-state index contributed by atoms with van der Waals surface area (Å²) in [5.74, 6) is -0.226. The van der Waals surface area contributed by atoms with E-state index in [-0.39, 0.29) is 12.5 Å². The fraction of sp³-hybridized carbons (Fsp3) is 0.250. The van der Waals surface area contributed by atoms with Crippen molar-refractivity contribution < 1.29 is 13.2 Å². The molecular weight excluding hydrogens is 424 g/mol. The lowest BCUT2D eigenvalue weighted by Crippen LogP contribution is -2.50. The summed E-state index contributed by atoms with van der Waals surface area (Å²) in [6.07, 6.45) is 1.65. The third-order valence-electron chi connectivity index (χ3n) is 5.57. The number of nitrogens with zero attached hydrogens (tertiary/aromatic N) is 3. The van der Waals surface area contributed by atoms with Crippen LogP contribution >= 0.6 is 0 Å². The minimum atomic E-state index is -3.51. The monoisotopic (exact) mass is 450 g/mol. The van der Waals surface area contributed by atoms with Crippen LogP contribution in [0, 0.1) is 6.92 Å². The summed E-state index contributed by atoms with van der Waals surface area (Å²) in [5.41, 5.74) is 4.52. The van der Waals surface area contributed by atoms with Crippen LogP contribution in [-0.2, 0) is 14.8 Å². The number of hydrazone groups is 1. The number of benzene rings is 3. The van der Waals surface area contributed by atoms with Gasteiger partial charge in [0.25, 0.3) is 5.91 Å². The molecule has 8 heteroatoms. The minimum absolute atomic E-state index is 0.172. The highest BCUT2D eigenvalue weighted by Gasteiger charge is 2.28. The Morgan fingerprint density at radius 2 is 1.66 bits per heavy atom. The molecule has 0 unspecified atom stereocenters. The Kier molecular flexibility index (Phi) is 6.64. The Bertz CT molecular complexity index is 1230. The zero-order chi connectivity index (χ0) is 22.6. The van der Waals surface area contributed by atoms with Crippen molar-refractivity contribution in [3.8, 4) is 0 Å². The van der Waals surface area contributed by atoms with Gasteiger partial charge in [0, 0.05) is 31.7 Å². The van der Waals surface area contributed by atoms with Crippen LogP contribution in [-0.4, -0.2) is 62.5 Å². The first-order valence-corrected chi connectivity index (χ1v) is 12.0. The molecular formula is C24H26N4O3S. The first-order valence-electron chi connectivity index (χ1n) is 10.5. The average molecular weight is 451 g/mol. The number of amides is 1. The van der Waals surface area contributed by atoms with Gasteiger partial charge in [0.1, 0.15) is 0 Å². The molecule has 1 saturated heterocycles. The Morgan fingerprint density at radius 3 is 2.41 bits per heavy atom. The smallest absolute Gasteiger partial charge is 0.254 e. The number of fused-ring (bicyclic) bond motifs is 1. The Morgan fingerprint density at radius 1 is 0.969 bits per heavy atom.